The van der Waals surface area contributed by atoms with Crippen molar-refractivity contribution in [3.8, 4) is 0 Å². The van der Waals surface area contributed by atoms with E-state index >= 15 is 0 Å². The first kappa shape index (κ1) is 21.3. The molecule has 2 N–H and O–H groups in total. The minimum absolute atomic E-state index is 0.111. The van der Waals surface area contributed by atoms with Crippen LogP contribution >= 0.6 is 11.6 Å². The molecule has 2 aromatic carbocycles. The third-order valence-electron chi connectivity index (χ3n) is 4.42. The highest BCUT2D eigenvalue weighted by molar-refractivity contribution is 7.91. The number of sulfonamides is 1. The van der Waals surface area contributed by atoms with E-state index in [4.69, 9.17) is 11.6 Å². The van der Waals surface area contributed by atoms with Gasteiger partial charge in [-0.25, -0.2) is 13.1 Å². The molecular weight excluding hydrogens is 418 g/mol. The fourth-order valence-electron chi connectivity index (χ4n) is 3.11. The van der Waals surface area contributed by atoms with E-state index in [0.29, 0.717) is 28.9 Å². The van der Waals surface area contributed by atoms with E-state index in [9.17, 15) is 12.6 Å². The smallest absolute Gasteiger partial charge is 0.241 e. The van der Waals surface area contributed by atoms with Gasteiger partial charge in [-0.1, -0.05) is 36.7 Å². The fourth-order valence-corrected chi connectivity index (χ4v) is 6.38. The van der Waals surface area contributed by atoms with Crippen molar-refractivity contribution in [2.24, 2.45) is 0 Å². The maximum Gasteiger partial charge on any atom is 0.241 e. The molecule has 0 saturated carbocycles. The van der Waals surface area contributed by atoms with Crippen LogP contribution in [0.1, 0.15) is 18.9 Å². The fraction of sp³-hybridized carbons (Fsp3) is 0.368. The van der Waals surface area contributed by atoms with Crippen molar-refractivity contribution in [2.75, 3.05) is 30.4 Å². The summed E-state index contributed by atoms with van der Waals surface area (Å²) in [5.74, 6) is 0.346. The lowest BCUT2D eigenvalue weighted by atomic mass is 10.2. The number of hydrogen-bond acceptors (Lipinski definition) is 5. The number of anilines is 1. The van der Waals surface area contributed by atoms with Crippen molar-refractivity contribution in [2.45, 2.75) is 29.7 Å². The van der Waals surface area contributed by atoms with Crippen LogP contribution in [-0.2, 0) is 27.4 Å². The lowest BCUT2D eigenvalue weighted by Crippen LogP contribution is -2.32. The first-order chi connectivity index (χ1) is 13.4. The van der Waals surface area contributed by atoms with E-state index in [1.807, 2.05) is 42.2 Å². The van der Waals surface area contributed by atoms with Gasteiger partial charge in [0.05, 0.1) is 27.3 Å². The maximum absolute atomic E-state index is 12.8. The molecule has 0 saturated heterocycles. The summed E-state index contributed by atoms with van der Waals surface area (Å²) in [6.07, 6.45) is 0.908. The van der Waals surface area contributed by atoms with Gasteiger partial charge in [-0.15, -0.1) is 0 Å². The van der Waals surface area contributed by atoms with Crippen molar-refractivity contribution in [1.82, 2.24) is 10.0 Å². The molecule has 1 atom stereocenters. The van der Waals surface area contributed by atoms with Gasteiger partial charge in [0.25, 0.3) is 0 Å². The van der Waals surface area contributed by atoms with Gasteiger partial charge in [-0.3, -0.25) is 4.21 Å². The van der Waals surface area contributed by atoms with Gasteiger partial charge in [0.1, 0.15) is 4.90 Å². The first-order valence-electron chi connectivity index (χ1n) is 9.13. The third kappa shape index (κ3) is 4.93. The van der Waals surface area contributed by atoms with Crippen LogP contribution in [0.5, 0.6) is 0 Å². The van der Waals surface area contributed by atoms with E-state index in [-0.39, 0.29) is 11.4 Å². The zero-order valence-electron chi connectivity index (χ0n) is 15.7. The van der Waals surface area contributed by atoms with Gasteiger partial charge in [-0.2, -0.15) is 0 Å². The molecule has 1 heterocycles. The van der Waals surface area contributed by atoms with Crippen LogP contribution < -0.4 is 14.9 Å². The van der Waals surface area contributed by atoms with Crippen LogP contribution in [-0.4, -0.2) is 38.1 Å². The molecule has 152 valence electrons. The number of nitrogens with zero attached hydrogens (tertiary/aromatic N) is 1. The predicted molar refractivity (Wildman–Crippen MR) is 114 cm³/mol. The molecule has 3 rings (SSSR count). The summed E-state index contributed by atoms with van der Waals surface area (Å²) in [5.41, 5.74) is 1.82. The van der Waals surface area contributed by atoms with Gasteiger partial charge >= 0.3 is 0 Å². The Bertz CT molecular complexity index is 949. The molecule has 1 aliphatic heterocycles. The average molecular weight is 442 g/mol. The molecule has 9 heteroatoms. The second kappa shape index (κ2) is 9.37. The Morgan fingerprint density at radius 2 is 1.89 bits per heavy atom. The van der Waals surface area contributed by atoms with Crippen molar-refractivity contribution in [1.29, 1.82) is 0 Å². The zero-order valence-corrected chi connectivity index (χ0v) is 18.0. The molecule has 0 radical (unpaired) electrons. The average Bonchev–Trinajstić information content (AvgIpc) is 2.99. The van der Waals surface area contributed by atoms with Gasteiger partial charge in [0, 0.05) is 31.2 Å². The summed E-state index contributed by atoms with van der Waals surface area (Å²) in [6, 6.07) is 12.5. The highest BCUT2D eigenvalue weighted by Gasteiger charge is 2.32. The third-order valence-corrected chi connectivity index (χ3v) is 7.73. The Hall–Kier alpha value is -1.45. The Kier molecular flexibility index (Phi) is 7.11. The molecule has 1 aliphatic rings. The van der Waals surface area contributed by atoms with Crippen LogP contribution in [0, 0.1) is 0 Å². The number of nitrogens with one attached hydrogen (secondary N) is 2. The van der Waals surface area contributed by atoms with Crippen molar-refractivity contribution in [3.63, 3.8) is 0 Å². The van der Waals surface area contributed by atoms with Crippen LogP contribution in [0.15, 0.2) is 52.3 Å². The summed E-state index contributed by atoms with van der Waals surface area (Å²) in [5, 5.41) is 3.87. The summed E-state index contributed by atoms with van der Waals surface area (Å²) in [7, 11) is -5.08. The summed E-state index contributed by atoms with van der Waals surface area (Å²) < 4.78 is 40.7. The number of halogens is 1. The Morgan fingerprint density at radius 3 is 2.61 bits per heavy atom. The predicted octanol–water partition coefficient (Wildman–Crippen LogP) is 2.70. The molecule has 0 amide bonds. The number of rotatable bonds is 9. The maximum atomic E-state index is 12.8. The summed E-state index contributed by atoms with van der Waals surface area (Å²) >= 11 is 5.86. The van der Waals surface area contributed by atoms with Crippen LogP contribution in [0.25, 0.3) is 0 Å². The van der Waals surface area contributed by atoms with Gasteiger partial charge < -0.3 is 10.2 Å². The van der Waals surface area contributed by atoms with Crippen LogP contribution in [0.2, 0.25) is 5.02 Å². The molecule has 0 aliphatic carbocycles. The first-order valence-corrected chi connectivity index (χ1v) is 12.3. The normalized spacial score (nSPS) is 16.4. The van der Waals surface area contributed by atoms with Gasteiger partial charge in [0.15, 0.2) is 0 Å². The largest absolute Gasteiger partial charge is 0.358 e. The van der Waals surface area contributed by atoms with Gasteiger partial charge in [0.2, 0.25) is 10.0 Å². The molecule has 1 unspecified atom stereocenters. The Balaban J connectivity index is 1.61. The molecule has 0 aromatic heterocycles. The standard InChI is InChI=1S/C19H24ClN3O3S2/c1-2-12-23-14-27(24)19-17(23)4-3-5-18(19)28(25,26)22-11-10-21-13-15-6-8-16(20)9-7-15/h3-9,21-22H,2,10-14H2,1H3. The lowest BCUT2D eigenvalue weighted by molar-refractivity contribution is 0.573. The second-order valence-electron chi connectivity index (χ2n) is 6.54. The van der Waals surface area contributed by atoms with E-state index in [1.165, 1.54) is 6.07 Å². The Labute approximate surface area is 173 Å². The van der Waals surface area contributed by atoms with Crippen LogP contribution in [0.3, 0.4) is 0 Å². The molecule has 2 aromatic rings. The van der Waals surface area contributed by atoms with Crippen molar-refractivity contribution >= 4 is 38.1 Å². The van der Waals surface area contributed by atoms with E-state index in [2.05, 4.69) is 10.0 Å². The van der Waals surface area contributed by atoms with Crippen molar-refractivity contribution in [3.05, 3.63) is 53.1 Å². The Morgan fingerprint density at radius 1 is 1.14 bits per heavy atom. The monoisotopic (exact) mass is 441 g/mol. The minimum Gasteiger partial charge on any atom is -0.358 e. The van der Waals surface area contributed by atoms with Gasteiger partial charge in [-0.05, 0) is 36.2 Å². The quantitative estimate of drug-likeness (QED) is 0.585. The van der Waals surface area contributed by atoms with Crippen molar-refractivity contribution < 1.29 is 12.6 Å². The number of hydrogen-bond donors (Lipinski definition) is 2. The summed E-state index contributed by atoms with van der Waals surface area (Å²) in [6.45, 7) is 4.13. The minimum atomic E-state index is -3.73. The van der Waals surface area contributed by atoms with Crippen LogP contribution in [0.4, 0.5) is 5.69 Å². The van der Waals surface area contributed by atoms with E-state index in [0.717, 1.165) is 24.2 Å². The second-order valence-corrected chi connectivity index (χ2v) is 10.1. The highest BCUT2D eigenvalue weighted by Crippen LogP contribution is 2.36. The molecule has 0 fully saturated rings. The van der Waals surface area contributed by atoms with E-state index < -0.39 is 20.8 Å². The number of benzene rings is 2. The summed E-state index contributed by atoms with van der Waals surface area (Å²) in [4.78, 5) is 2.51. The highest BCUT2D eigenvalue weighted by atomic mass is 35.5. The SMILES string of the molecule is CCCN1CS(=O)c2c1cccc2S(=O)(=O)NCCNCc1ccc(Cl)cc1. The molecule has 0 bridgehead atoms. The topological polar surface area (TPSA) is 78.5 Å². The van der Waals surface area contributed by atoms with E-state index in [1.54, 1.807) is 6.07 Å². The zero-order chi connectivity index (χ0) is 20.1. The molecular formula is C19H24ClN3O3S2. The number of fused-ring (bicyclic) bond motifs is 1. The molecule has 0 spiro atoms. The molecule has 28 heavy (non-hydrogen) atoms. The lowest BCUT2D eigenvalue weighted by Gasteiger charge is -2.17. The molecule has 6 nitrogen and oxygen atoms in total.